The molecule has 1 saturated carbocycles. The third-order valence-electron chi connectivity index (χ3n) is 3.96. The van der Waals surface area contributed by atoms with E-state index in [1.807, 2.05) is 23.4 Å². The van der Waals surface area contributed by atoms with Gasteiger partial charge in [-0.05, 0) is 37.6 Å². The van der Waals surface area contributed by atoms with Crippen molar-refractivity contribution in [3.05, 3.63) is 6.33 Å². The van der Waals surface area contributed by atoms with E-state index in [4.69, 9.17) is 0 Å². The Hall–Kier alpha value is -0.550. The number of nitrogens with zero attached hydrogens (tertiary/aromatic N) is 3. The predicted octanol–water partition coefficient (Wildman–Crippen LogP) is 2.71. The molecule has 19 heavy (non-hydrogen) atoms. The summed E-state index contributed by atoms with van der Waals surface area (Å²) in [6.07, 6.45) is 5.58. The van der Waals surface area contributed by atoms with Crippen molar-refractivity contribution in [1.82, 2.24) is 20.1 Å². The highest BCUT2D eigenvalue weighted by Gasteiger charge is 2.35. The Kier molecular flexibility index (Phi) is 5.28. The fourth-order valence-electron chi connectivity index (χ4n) is 3.06. The van der Waals surface area contributed by atoms with E-state index < -0.39 is 0 Å². The van der Waals surface area contributed by atoms with Gasteiger partial charge in [0.1, 0.15) is 6.33 Å². The molecule has 0 saturated heterocycles. The van der Waals surface area contributed by atoms with Gasteiger partial charge in [-0.25, -0.2) is 0 Å². The summed E-state index contributed by atoms with van der Waals surface area (Å²) in [4.78, 5) is 0. The maximum absolute atomic E-state index is 4.23. The maximum atomic E-state index is 4.23. The summed E-state index contributed by atoms with van der Waals surface area (Å²) in [6, 6.07) is 0.598. The largest absolute Gasteiger partial charge is 0.313 e. The predicted molar refractivity (Wildman–Crippen MR) is 80.3 cm³/mol. The average Bonchev–Trinajstić information content (AvgIpc) is 2.76. The van der Waals surface area contributed by atoms with Gasteiger partial charge in [-0.2, -0.15) is 0 Å². The molecule has 0 aromatic carbocycles. The molecule has 4 unspecified atom stereocenters. The normalized spacial score (nSPS) is 31.6. The highest BCUT2D eigenvalue weighted by Crippen LogP contribution is 2.38. The van der Waals surface area contributed by atoms with Crippen LogP contribution in [0.5, 0.6) is 0 Å². The van der Waals surface area contributed by atoms with Crippen LogP contribution in [0.2, 0.25) is 0 Å². The lowest BCUT2D eigenvalue weighted by molar-refractivity contribution is 0.249. The standard InChI is InChI=1S/C14H26N4S/c1-5-6-15-12-8-10(2)7-11(3)13(12)19-14-17-16-9-18(14)4/h9-13,15H,5-8H2,1-4H3. The van der Waals surface area contributed by atoms with Crippen molar-refractivity contribution in [2.75, 3.05) is 6.54 Å². The molecule has 4 atom stereocenters. The van der Waals surface area contributed by atoms with Crippen LogP contribution in [0.25, 0.3) is 0 Å². The quantitative estimate of drug-likeness (QED) is 0.902. The third-order valence-corrected chi connectivity index (χ3v) is 5.60. The monoisotopic (exact) mass is 282 g/mol. The third kappa shape index (κ3) is 3.72. The first-order valence-electron chi connectivity index (χ1n) is 7.35. The van der Waals surface area contributed by atoms with Gasteiger partial charge in [0.25, 0.3) is 0 Å². The zero-order chi connectivity index (χ0) is 13.8. The van der Waals surface area contributed by atoms with Gasteiger partial charge < -0.3 is 9.88 Å². The van der Waals surface area contributed by atoms with E-state index in [0.29, 0.717) is 11.3 Å². The molecule has 108 valence electrons. The Balaban J connectivity index is 2.06. The highest BCUT2D eigenvalue weighted by molar-refractivity contribution is 7.99. The van der Waals surface area contributed by atoms with Crippen molar-refractivity contribution in [2.24, 2.45) is 18.9 Å². The van der Waals surface area contributed by atoms with Gasteiger partial charge in [0, 0.05) is 18.3 Å². The number of thioether (sulfide) groups is 1. The van der Waals surface area contributed by atoms with E-state index >= 15 is 0 Å². The van der Waals surface area contributed by atoms with Crippen LogP contribution in [0.3, 0.4) is 0 Å². The molecule has 2 rings (SSSR count). The molecule has 1 aromatic rings. The van der Waals surface area contributed by atoms with Crippen LogP contribution < -0.4 is 5.32 Å². The smallest absolute Gasteiger partial charge is 0.191 e. The minimum absolute atomic E-state index is 0.598. The molecule has 0 bridgehead atoms. The first-order chi connectivity index (χ1) is 9.11. The molecule has 1 aromatic heterocycles. The van der Waals surface area contributed by atoms with Crippen molar-refractivity contribution in [1.29, 1.82) is 0 Å². The van der Waals surface area contributed by atoms with E-state index in [2.05, 4.69) is 36.3 Å². The van der Waals surface area contributed by atoms with E-state index in [-0.39, 0.29) is 0 Å². The first kappa shape index (κ1) is 14.9. The second-order valence-corrected chi connectivity index (χ2v) is 7.07. The Bertz CT molecular complexity index is 393. The molecular formula is C14H26N4S. The van der Waals surface area contributed by atoms with Crippen LogP contribution in [-0.4, -0.2) is 32.6 Å². The van der Waals surface area contributed by atoms with Gasteiger partial charge in [-0.15, -0.1) is 10.2 Å². The second kappa shape index (κ2) is 6.75. The average molecular weight is 282 g/mol. The van der Waals surface area contributed by atoms with E-state index in [1.165, 1.54) is 19.3 Å². The fraction of sp³-hybridized carbons (Fsp3) is 0.857. The number of aryl methyl sites for hydroxylation is 1. The Morgan fingerprint density at radius 1 is 1.42 bits per heavy atom. The lowest BCUT2D eigenvalue weighted by Crippen LogP contribution is -2.46. The van der Waals surface area contributed by atoms with Crippen molar-refractivity contribution < 1.29 is 0 Å². The molecule has 4 nitrogen and oxygen atoms in total. The molecule has 0 amide bonds. The molecule has 1 N–H and O–H groups in total. The van der Waals surface area contributed by atoms with Gasteiger partial charge in [0.15, 0.2) is 5.16 Å². The van der Waals surface area contributed by atoms with Crippen LogP contribution in [0.4, 0.5) is 0 Å². The summed E-state index contributed by atoms with van der Waals surface area (Å²) < 4.78 is 2.02. The number of aromatic nitrogens is 3. The minimum atomic E-state index is 0.598. The lowest BCUT2D eigenvalue weighted by atomic mass is 9.80. The summed E-state index contributed by atoms with van der Waals surface area (Å²) in [7, 11) is 2.02. The van der Waals surface area contributed by atoms with Crippen molar-refractivity contribution in [2.45, 2.75) is 56.5 Å². The lowest BCUT2D eigenvalue weighted by Gasteiger charge is -2.39. The van der Waals surface area contributed by atoms with E-state index in [1.54, 1.807) is 6.33 Å². The van der Waals surface area contributed by atoms with Crippen LogP contribution in [0.15, 0.2) is 11.5 Å². The van der Waals surface area contributed by atoms with Gasteiger partial charge in [0.2, 0.25) is 0 Å². The molecule has 0 radical (unpaired) electrons. The summed E-state index contributed by atoms with van der Waals surface area (Å²) in [5, 5.41) is 13.6. The molecule has 1 aliphatic rings. The summed E-state index contributed by atoms with van der Waals surface area (Å²) in [5.74, 6) is 1.54. The Morgan fingerprint density at radius 3 is 2.84 bits per heavy atom. The van der Waals surface area contributed by atoms with Crippen molar-refractivity contribution >= 4 is 11.8 Å². The molecule has 1 heterocycles. The number of hydrogen-bond acceptors (Lipinski definition) is 4. The zero-order valence-electron chi connectivity index (χ0n) is 12.5. The van der Waals surface area contributed by atoms with E-state index in [0.717, 1.165) is 23.5 Å². The van der Waals surface area contributed by atoms with Crippen molar-refractivity contribution in [3.63, 3.8) is 0 Å². The molecule has 0 spiro atoms. The number of hydrogen-bond donors (Lipinski definition) is 1. The molecule has 5 heteroatoms. The highest BCUT2D eigenvalue weighted by atomic mass is 32.2. The molecule has 0 aliphatic heterocycles. The topological polar surface area (TPSA) is 42.7 Å². The Labute approximate surface area is 120 Å². The SMILES string of the molecule is CCCNC1CC(C)CC(C)C1Sc1nncn1C. The molecular weight excluding hydrogens is 256 g/mol. The summed E-state index contributed by atoms with van der Waals surface area (Å²) in [6.45, 7) is 8.10. The molecule has 1 aliphatic carbocycles. The van der Waals surface area contributed by atoms with Gasteiger partial charge >= 0.3 is 0 Å². The maximum Gasteiger partial charge on any atom is 0.191 e. The van der Waals surface area contributed by atoms with Crippen molar-refractivity contribution in [3.8, 4) is 0 Å². The number of rotatable bonds is 5. The van der Waals surface area contributed by atoms with Crippen LogP contribution in [0.1, 0.15) is 40.0 Å². The summed E-state index contributed by atoms with van der Waals surface area (Å²) >= 11 is 1.89. The van der Waals surface area contributed by atoms with Crippen LogP contribution in [0, 0.1) is 11.8 Å². The van der Waals surface area contributed by atoms with E-state index in [9.17, 15) is 0 Å². The summed E-state index contributed by atoms with van der Waals surface area (Å²) in [5.41, 5.74) is 0. The molecule has 1 fully saturated rings. The Morgan fingerprint density at radius 2 is 2.21 bits per heavy atom. The van der Waals surface area contributed by atoms with Gasteiger partial charge in [-0.3, -0.25) is 0 Å². The first-order valence-corrected chi connectivity index (χ1v) is 8.23. The second-order valence-electron chi connectivity index (χ2n) is 5.92. The van der Waals surface area contributed by atoms with Crippen LogP contribution >= 0.6 is 11.8 Å². The fourth-order valence-corrected chi connectivity index (χ4v) is 4.32. The minimum Gasteiger partial charge on any atom is -0.313 e. The number of nitrogens with one attached hydrogen (secondary N) is 1. The van der Waals surface area contributed by atoms with Gasteiger partial charge in [-0.1, -0.05) is 32.5 Å². The van der Waals surface area contributed by atoms with Crippen LogP contribution in [-0.2, 0) is 7.05 Å². The van der Waals surface area contributed by atoms with Gasteiger partial charge in [0.05, 0.1) is 0 Å². The zero-order valence-corrected chi connectivity index (χ0v) is 13.3.